The van der Waals surface area contributed by atoms with E-state index in [4.69, 9.17) is 10.8 Å². The van der Waals surface area contributed by atoms with Crippen molar-refractivity contribution >= 4 is 40.6 Å². The van der Waals surface area contributed by atoms with Crippen molar-refractivity contribution in [1.29, 1.82) is 0 Å². The second-order valence-electron chi connectivity index (χ2n) is 9.44. The Balaban J connectivity index is 2.27. The predicted octanol–water partition coefficient (Wildman–Crippen LogP) is -0.520. The summed E-state index contributed by atoms with van der Waals surface area (Å²) in [6.45, 7) is 2.96. The summed E-state index contributed by atoms with van der Waals surface area (Å²) in [5.74, 6) is -4.98. The third-order valence-electron chi connectivity index (χ3n) is 5.87. The summed E-state index contributed by atoms with van der Waals surface area (Å²) in [5.41, 5.74) is 7.14. The Hall–Kier alpha value is -3.97. The first-order valence-electron chi connectivity index (χ1n) is 12.2. The number of aromatic amines is 1. The van der Waals surface area contributed by atoms with E-state index in [9.17, 15) is 34.2 Å². The van der Waals surface area contributed by atoms with Gasteiger partial charge in [0.1, 0.15) is 24.2 Å². The minimum absolute atomic E-state index is 0.0338. The number of para-hydroxylation sites is 1. The van der Waals surface area contributed by atoms with Crippen LogP contribution in [-0.4, -0.2) is 80.7 Å². The maximum absolute atomic E-state index is 13.4. The van der Waals surface area contributed by atoms with E-state index in [0.29, 0.717) is 5.56 Å². The van der Waals surface area contributed by atoms with E-state index < -0.39 is 66.9 Å². The van der Waals surface area contributed by atoms with Crippen LogP contribution in [0.25, 0.3) is 10.9 Å². The first-order chi connectivity index (χ1) is 17.9. The number of nitrogens with two attached hydrogens (primary N) is 1. The molecule has 9 N–H and O–H groups in total. The zero-order chi connectivity index (χ0) is 28.4. The van der Waals surface area contributed by atoms with E-state index in [0.717, 1.165) is 10.9 Å². The maximum Gasteiger partial charge on any atom is 0.326 e. The molecule has 1 aromatic heterocycles. The Kier molecular flexibility index (Phi) is 11.2. The molecule has 2 rings (SSSR count). The van der Waals surface area contributed by atoms with Crippen LogP contribution in [0.1, 0.15) is 38.7 Å². The highest BCUT2D eigenvalue weighted by Crippen LogP contribution is 2.19. The van der Waals surface area contributed by atoms with Crippen molar-refractivity contribution in [3.63, 3.8) is 0 Å². The molecule has 0 saturated carbocycles. The average molecular weight is 534 g/mol. The summed E-state index contributed by atoms with van der Waals surface area (Å²) in [6, 6.07) is 2.28. The number of aromatic nitrogens is 1. The molecular formula is C25H35N5O8. The Labute approximate surface area is 219 Å². The standard InChI is InChI=1S/C25H35N5O8/c1-13(2)9-19(23(35)28-18(25(37)38)7-8-21(32)33)30-24(36)20(29-22(34)16(26)12-31)10-14-11-27-17-6-4-3-5-15(14)17/h3-6,11,13,16,18-20,27,31H,7-10,12,26H2,1-2H3,(H,28,35)(H,29,34)(H,30,36)(H,32,33)(H,37,38). The highest BCUT2D eigenvalue weighted by Gasteiger charge is 2.31. The van der Waals surface area contributed by atoms with Crippen LogP contribution in [0.5, 0.6) is 0 Å². The van der Waals surface area contributed by atoms with E-state index in [-0.39, 0.29) is 25.2 Å². The van der Waals surface area contributed by atoms with E-state index in [1.54, 1.807) is 20.0 Å². The van der Waals surface area contributed by atoms with E-state index in [2.05, 4.69) is 20.9 Å². The summed E-state index contributed by atoms with van der Waals surface area (Å²) in [5, 5.41) is 35.7. The molecule has 0 radical (unpaired) electrons. The Morgan fingerprint density at radius 2 is 1.53 bits per heavy atom. The molecule has 0 aliphatic carbocycles. The van der Waals surface area contributed by atoms with Crippen LogP contribution in [0.2, 0.25) is 0 Å². The lowest BCUT2D eigenvalue weighted by molar-refractivity contribution is -0.143. The number of benzene rings is 1. The van der Waals surface area contributed by atoms with Gasteiger partial charge < -0.3 is 42.0 Å². The number of nitrogens with one attached hydrogen (secondary N) is 4. The lowest BCUT2D eigenvalue weighted by atomic mass is 10.00. The largest absolute Gasteiger partial charge is 0.481 e. The minimum Gasteiger partial charge on any atom is -0.481 e. The van der Waals surface area contributed by atoms with Gasteiger partial charge in [0, 0.05) is 29.9 Å². The first kappa shape index (κ1) is 30.3. The molecule has 13 heteroatoms. The molecule has 2 aromatic rings. The SMILES string of the molecule is CC(C)CC(NC(=O)C(Cc1c[nH]c2ccccc12)NC(=O)C(N)CO)C(=O)NC(CCC(=O)O)C(=O)O. The van der Waals surface area contributed by atoms with Crippen LogP contribution >= 0.6 is 0 Å². The van der Waals surface area contributed by atoms with Crippen molar-refractivity contribution < 1.29 is 39.3 Å². The topological polar surface area (TPSA) is 224 Å². The second-order valence-corrected chi connectivity index (χ2v) is 9.44. The minimum atomic E-state index is -1.46. The molecule has 0 aliphatic rings. The number of aliphatic hydroxyl groups is 1. The van der Waals surface area contributed by atoms with Crippen molar-refractivity contribution in [3.05, 3.63) is 36.0 Å². The molecule has 1 aromatic carbocycles. The maximum atomic E-state index is 13.4. The monoisotopic (exact) mass is 533 g/mol. The van der Waals surface area contributed by atoms with Crippen LogP contribution in [0.3, 0.4) is 0 Å². The highest BCUT2D eigenvalue weighted by molar-refractivity contribution is 5.95. The van der Waals surface area contributed by atoms with Crippen LogP contribution in [0.4, 0.5) is 0 Å². The Morgan fingerprint density at radius 1 is 0.921 bits per heavy atom. The van der Waals surface area contributed by atoms with Crippen LogP contribution < -0.4 is 21.7 Å². The third-order valence-corrected chi connectivity index (χ3v) is 5.87. The van der Waals surface area contributed by atoms with Crippen LogP contribution in [0, 0.1) is 5.92 Å². The zero-order valence-electron chi connectivity index (χ0n) is 21.3. The second kappa shape index (κ2) is 14.1. The molecule has 4 unspecified atom stereocenters. The molecule has 208 valence electrons. The lowest BCUT2D eigenvalue weighted by Gasteiger charge is -2.26. The van der Waals surface area contributed by atoms with Gasteiger partial charge in [0.15, 0.2) is 0 Å². The number of aliphatic hydroxyl groups excluding tert-OH is 1. The zero-order valence-corrected chi connectivity index (χ0v) is 21.3. The fourth-order valence-electron chi connectivity index (χ4n) is 3.86. The molecule has 4 atom stereocenters. The predicted molar refractivity (Wildman–Crippen MR) is 137 cm³/mol. The van der Waals surface area contributed by atoms with E-state index in [1.807, 2.05) is 24.3 Å². The molecule has 13 nitrogen and oxygen atoms in total. The molecule has 0 spiro atoms. The molecular weight excluding hydrogens is 498 g/mol. The Bertz CT molecular complexity index is 1150. The number of rotatable bonds is 15. The van der Waals surface area contributed by atoms with Gasteiger partial charge in [-0.25, -0.2) is 4.79 Å². The van der Waals surface area contributed by atoms with Gasteiger partial charge in [-0.05, 0) is 30.4 Å². The highest BCUT2D eigenvalue weighted by atomic mass is 16.4. The molecule has 0 bridgehead atoms. The molecule has 38 heavy (non-hydrogen) atoms. The summed E-state index contributed by atoms with van der Waals surface area (Å²) in [7, 11) is 0. The number of hydrogen-bond acceptors (Lipinski definition) is 7. The fraction of sp³-hybridized carbons (Fsp3) is 0.480. The van der Waals surface area contributed by atoms with Gasteiger partial charge in [0.25, 0.3) is 0 Å². The van der Waals surface area contributed by atoms with Gasteiger partial charge in [-0.3, -0.25) is 19.2 Å². The number of H-pyrrole nitrogens is 1. The van der Waals surface area contributed by atoms with Gasteiger partial charge in [-0.2, -0.15) is 0 Å². The molecule has 1 heterocycles. The average Bonchev–Trinajstić information content (AvgIpc) is 3.27. The number of hydrogen-bond donors (Lipinski definition) is 8. The van der Waals surface area contributed by atoms with Crippen molar-refractivity contribution in [1.82, 2.24) is 20.9 Å². The van der Waals surface area contributed by atoms with Crippen LogP contribution in [-0.2, 0) is 30.4 Å². The first-order valence-corrected chi connectivity index (χ1v) is 12.2. The van der Waals surface area contributed by atoms with Crippen molar-refractivity contribution in [2.75, 3.05) is 6.61 Å². The van der Waals surface area contributed by atoms with Crippen LogP contribution in [0.15, 0.2) is 30.5 Å². The Morgan fingerprint density at radius 3 is 2.13 bits per heavy atom. The van der Waals surface area contributed by atoms with E-state index >= 15 is 0 Å². The van der Waals surface area contributed by atoms with Crippen molar-refractivity contribution in [2.24, 2.45) is 11.7 Å². The number of carbonyl (C=O) groups excluding carboxylic acids is 3. The quantitative estimate of drug-likeness (QED) is 0.147. The summed E-state index contributed by atoms with van der Waals surface area (Å²) in [4.78, 5) is 64.3. The number of fused-ring (bicyclic) bond motifs is 1. The summed E-state index contributed by atoms with van der Waals surface area (Å²) < 4.78 is 0. The van der Waals surface area contributed by atoms with Gasteiger partial charge in [-0.15, -0.1) is 0 Å². The molecule has 0 fully saturated rings. The lowest BCUT2D eigenvalue weighted by Crippen LogP contribution is -2.58. The van der Waals surface area contributed by atoms with Gasteiger partial charge >= 0.3 is 11.9 Å². The van der Waals surface area contributed by atoms with Crippen molar-refractivity contribution in [3.8, 4) is 0 Å². The molecule has 3 amide bonds. The number of carbonyl (C=O) groups is 5. The summed E-state index contributed by atoms with van der Waals surface area (Å²) >= 11 is 0. The van der Waals surface area contributed by atoms with Crippen molar-refractivity contribution in [2.45, 2.75) is 63.7 Å². The van der Waals surface area contributed by atoms with E-state index in [1.165, 1.54) is 0 Å². The van der Waals surface area contributed by atoms with Gasteiger partial charge in [0.2, 0.25) is 17.7 Å². The third kappa shape index (κ3) is 8.85. The number of amides is 3. The number of aliphatic carboxylic acids is 2. The number of carboxylic acids is 2. The smallest absolute Gasteiger partial charge is 0.326 e. The summed E-state index contributed by atoms with van der Waals surface area (Å²) in [6.07, 6.45) is 1.07. The van der Waals surface area contributed by atoms with Gasteiger partial charge in [0.05, 0.1) is 6.61 Å². The number of carboxylic acid groups (broad SMARTS) is 2. The fourth-order valence-corrected chi connectivity index (χ4v) is 3.86. The normalized spacial score (nSPS) is 14.3. The molecule has 0 aliphatic heterocycles. The molecule has 0 saturated heterocycles. The van der Waals surface area contributed by atoms with Gasteiger partial charge in [-0.1, -0.05) is 32.0 Å².